The van der Waals surface area contributed by atoms with Gasteiger partial charge >= 0.3 is 0 Å². The van der Waals surface area contributed by atoms with Gasteiger partial charge in [0.15, 0.2) is 0 Å². The van der Waals surface area contributed by atoms with Crippen molar-refractivity contribution < 1.29 is 4.39 Å². The highest BCUT2D eigenvalue weighted by atomic mass is 35.5. The molecule has 1 heterocycles. The molecule has 3 rings (SSSR count). The molecule has 21 heavy (non-hydrogen) atoms. The molecular weight excluding hydrogens is 307 g/mol. The van der Waals surface area contributed by atoms with Crippen molar-refractivity contribution >= 4 is 22.9 Å². The molecule has 1 saturated carbocycles. The second-order valence-electron chi connectivity index (χ2n) is 5.81. The summed E-state index contributed by atoms with van der Waals surface area (Å²) in [5, 5.41) is 6.91. The lowest BCUT2D eigenvalue weighted by Crippen LogP contribution is -2.25. The van der Waals surface area contributed by atoms with E-state index in [2.05, 4.69) is 29.5 Å². The zero-order valence-electron chi connectivity index (χ0n) is 12.1. The number of benzene rings is 1. The Balaban J connectivity index is 1.95. The number of nitrogens with zero attached hydrogens (tertiary/aromatic N) is 1. The average Bonchev–Trinajstić information content (AvgIpc) is 3.11. The molecule has 0 spiro atoms. The topological polar surface area (TPSA) is 24.9 Å². The molecule has 5 heteroatoms. The minimum absolute atomic E-state index is 0.188. The molecule has 1 fully saturated rings. The van der Waals surface area contributed by atoms with Crippen LogP contribution in [-0.4, -0.2) is 11.0 Å². The number of thiazole rings is 1. The van der Waals surface area contributed by atoms with Crippen LogP contribution in [0.25, 0.3) is 0 Å². The highest BCUT2D eigenvalue weighted by Gasteiger charge is 2.29. The Morgan fingerprint density at radius 2 is 2.14 bits per heavy atom. The number of hydrogen-bond acceptors (Lipinski definition) is 3. The van der Waals surface area contributed by atoms with E-state index >= 15 is 0 Å². The first kappa shape index (κ1) is 14.9. The molecule has 2 aromatic rings. The Morgan fingerprint density at radius 1 is 1.38 bits per heavy atom. The summed E-state index contributed by atoms with van der Waals surface area (Å²) >= 11 is 7.45. The molecule has 1 aromatic carbocycles. The van der Waals surface area contributed by atoms with Crippen molar-refractivity contribution in [3.63, 3.8) is 0 Å². The van der Waals surface area contributed by atoms with Crippen LogP contribution in [0.3, 0.4) is 0 Å². The van der Waals surface area contributed by atoms with E-state index in [0.29, 0.717) is 22.5 Å². The van der Waals surface area contributed by atoms with Crippen molar-refractivity contribution in [3.8, 4) is 0 Å². The fourth-order valence-corrected chi connectivity index (χ4v) is 3.43. The molecule has 1 atom stereocenters. The zero-order valence-corrected chi connectivity index (χ0v) is 13.6. The summed E-state index contributed by atoms with van der Waals surface area (Å²) in [6.07, 6.45) is 2.29. The summed E-state index contributed by atoms with van der Waals surface area (Å²) in [4.78, 5) is 4.69. The minimum Gasteiger partial charge on any atom is -0.301 e. The smallest absolute Gasteiger partial charge is 0.129 e. The molecule has 0 amide bonds. The van der Waals surface area contributed by atoms with Gasteiger partial charge in [-0.05, 0) is 30.9 Å². The standard InChI is InChI=1S/C16H18ClFN2S/c1-9(2)14-8-21-16(20-14)15(19-11-4-5-11)12-6-3-10(17)7-13(12)18/h3,6-9,11,15,19H,4-5H2,1-2H3. The van der Waals surface area contributed by atoms with E-state index in [1.54, 1.807) is 23.5 Å². The maximum Gasteiger partial charge on any atom is 0.129 e. The summed E-state index contributed by atoms with van der Waals surface area (Å²) in [7, 11) is 0. The fraction of sp³-hybridized carbons (Fsp3) is 0.438. The van der Waals surface area contributed by atoms with E-state index in [9.17, 15) is 4.39 Å². The van der Waals surface area contributed by atoms with Crippen LogP contribution in [-0.2, 0) is 0 Å². The molecule has 1 N–H and O–H groups in total. The van der Waals surface area contributed by atoms with Crippen LogP contribution in [0.2, 0.25) is 5.02 Å². The highest BCUT2D eigenvalue weighted by molar-refractivity contribution is 7.09. The number of halogens is 2. The van der Waals surface area contributed by atoms with Crippen LogP contribution in [0.1, 0.15) is 54.9 Å². The number of rotatable bonds is 5. The lowest BCUT2D eigenvalue weighted by molar-refractivity contribution is 0.543. The first-order chi connectivity index (χ1) is 10.0. The van der Waals surface area contributed by atoms with Crippen molar-refractivity contribution in [1.29, 1.82) is 0 Å². The predicted molar refractivity (Wildman–Crippen MR) is 85.6 cm³/mol. The van der Waals surface area contributed by atoms with Crippen molar-refractivity contribution in [1.82, 2.24) is 10.3 Å². The number of aromatic nitrogens is 1. The third kappa shape index (κ3) is 3.44. The van der Waals surface area contributed by atoms with Gasteiger partial charge in [-0.3, -0.25) is 0 Å². The fourth-order valence-electron chi connectivity index (χ4n) is 2.21. The summed E-state index contributed by atoms with van der Waals surface area (Å²) in [5.74, 6) is 0.105. The summed E-state index contributed by atoms with van der Waals surface area (Å²) in [6.45, 7) is 4.23. The van der Waals surface area contributed by atoms with Gasteiger partial charge in [-0.25, -0.2) is 9.37 Å². The second-order valence-corrected chi connectivity index (χ2v) is 7.13. The Bertz CT molecular complexity index is 637. The quantitative estimate of drug-likeness (QED) is 0.846. The van der Waals surface area contributed by atoms with Crippen LogP contribution in [0, 0.1) is 5.82 Å². The number of nitrogens with one attached hydrogen (secondary N) is 1. The normalized spacial score (nSPS) is 16.4. The van der Waals surface area contributed by atoms with Crippen molar-refractivity contribution in [2.45, 2.75) is 44.7 Å². The average molecular weight is 325 g/mol. The van der Waals surface area contributed by atoms with Crippen LogP contribution in [0.4, 0.5) is 4.39 Å². The Kier molecular flexibility index (Phi) is 4.29. The highest BCUT2D eigenvalue weighted by Crippen LogP contribution is 2.33. The molecule has 1 unspecified atom stereocenters. The van der Waals surface area contributed by atoms with Crippen LogP contribution < -0.4 is 5.32 Å². The van der Waals surface area contributed by atoms with Gasteiger partial charge in [0.1, 0.15) is 10.8 Å². The second kappa shape index (κ2) is 6.03. The summed E-state index contributed by atoms with van der Waals surface area (Å²) in [5.41, 5.74) is 1.68. The van der Waals surface area contributed by atoms with E-state index in [1.165, 1.54) is 6.07 Å². The van der Waals surface area contributed by atoms with E-state index in [-0.39, 0.29) is 11.9 Å². The van der Waals surface area contributed by atoms with Crippen LogP contribution >= 0.6 is 22.9 Å². The van der Waals surface area contributed by atoms with Crippen LogP contribution in [0.5, 0.6) is 0 Å². The van der Waals surface area contributed by atoms with Crippen LogP contribution in [0.15, 0.2) is 23.6 Å². The van der Waals surface area contributed by atoms with Gasteiger partial charge in [0.2, 0.25) is 0 Å². The maximum atomic E-state index is 14.3. The lowest BCUT2D eigenvalue weighted by Gasteiger charge is -2.17. The van der Waals surface area contributed by atoms with Gasteiger partial charge in [-0.2, -0.15) is 0 Å². The van der Waals surface area contributed by atoms with E-state index in [4.69, 9.17) is 11.6 Å². The molecule has 0 radical (unpaired) electrons. The molecular formula is C16H18ClFN2S. The van der Waals surface area contributed by atoms with Gasteiger partial charge in [-0.15, -0.1) is 11.3 Å². The number of hydrogen-bond donors (Lipinski definition) is 1. The Morgan fingerprint density at radius 3 is 2.71 bits per heavy atom. The predicted octanol–water partition coefficient (Wildman–Crippen LogP) is 4.90. The summed E-state index contributed by atoms with van der Waals surface area (Å²) < 4.78 is 14.3. The van der Waals surface area contributed by atoms with Gasteiger partial charge in [0, 0.05) is 22.0 Å². The first-order valence-electron chi connectivity index (χ1n) is 7.21. The van der Waals surface area contributed by atoms with Gasteiger partial charge in [0.05, 0.1) is 11.7 Å². The third-order valence-electron chi connectivity index (χ3n) is 3.63. The summed E-state index contributed by atoms with van der Waals surface area (Å²) in [6, 6.07) is 5.14. The van der Waals surface area contributed by atoms with Gasteiger partial charge in [-0.1, -0.05) is 31.5 Å². The van der Waals surface area contributed by atoms with E-state index in [0.717, 1.165) is 23.5 Å². The zero-order chi connectivity index (χ0) is 15.0. The van der Waals surface area contributed by atoms with Gasteiger partial charge < -0.3 is 5.32 Å². The first-order valence-corrected chi connectivity index (χ1v) is 8.46. The minimum atomic E-state index is -0.276. The monoisotopic (exact) mass is 324 g/mol. The molecule has 1 aliphatic rings. The van der Waals surface area contributed by atoms with Gasteiger partial charge in [0.25, 0.3) is 0 Å². The third-order valence-corrected chi connectivity index (χ3v) is 4.79. The van der Waals surface area contributed by atoms with E-state index < -0.39 is 0 Å². The van der Waals surface area contributed by atoms with Crippen molar-refractivity contribution in [2.24, 2.45) is 0 Å². The molecule has 1 aliphatic carbocycles. The SMILES string of the molecule is CC(C)c1csc(C(NC2CC2)c2ccc(Cl)cc2F)n1. The molecule has 0 aliphatic heterocycles. The maximum absolute atomic E-state index is 14.3. The molecule has 0 bridgehead atoms. The molecule has 112 valence electrons. The lowest BCUT2D eigenvalue weighted by atomic mass is 10.1. The van der Waals surface area contributed by atoms with E-state index in [1.807, 2.05) is 0 Å². The molecule has 0 saturated heterocycles. The molecule has 1 aromatic heterocycles. The molecule has 2 nitrogen and oxygen atoms in total. The van der Waals surface area contributed by atoms with Crippen molar-refractivity contribution in [3.05, 3.63) is 50.7 Å². The Labute approximate surface area is 133 Å². The largest absolute Gasteiger partial charge is 0.301 e. The Hall–Kier alpha value is -0.970. The van der Waals surface area contributed by atoms with Crippen molar-refractivity contribution in [2.75, 3.05) is 0 Å².